The molecule has 1 amide bonds. The first-order chi connectivity index (χ1) is 13.0. The number of amides is 1. The molecule has 1 aromatic carbocycles. The SMILES string of the molecule is N#CCN(CC#N)C(=O)C=Cc1ccc(S(=O)(=O)N2CCCCCC2)cc1. The number of nitrogens with zero attached hydrogens (tertiary/aromatic N) is 4. The summed E-state index contributed by atoms with van der Waals surface area (Å²) in [5.41, 5.74) is 0.659. The number of rotatable bonds is 6. The molecule has 0 unspecified atom stereocenters. The topological polar surface area (TPSA) is 105 Å². The van der Waals surface area contributed by atoms with Crippen LogP contribution in [0.25, 0.3) is 6.08 Å². The van der Waals surface area contributed by atoms with Gasteiger partial charge in [0, 0.05) is 19.2 Å². The molecule has 2 rings (SSSR count). The highest BCUT2D eigenvalue weighted by atomic mass is 32.2. The molecule has 1 fully saturated rings. The fourth-order valence-corrected chi connectivity index (χ4v) is 4.35. The van der Waals surface area contributed by atoms with E-state index in [4.69, 9.17) is 10.5 Å². The van der Waals surface area contributed by atoms with Gasteiger partial charge in [0.1, 0.15) is 13.1 Å². The summed E-state index contributed by atoms with van der Waals surface area (Å²) in [6.07, 6.45) is 6.67. The van der Waals surface area contributed by atoms with Crippen molar-refractivity contribution in [1.29, 1.82) is 10.5 Å². The van der Waals surface area contributed by atoms with Gasteiger partial charge in [0.15, 0.2) is 0 Å². The lowest BCUT2D eigenvalue weighted by molar-refractivity contribution is -0.124. The number of hydrogen-bond donors (Lipinski definition) is 0. The maximum Gasteiger partial charge on any atom is 0.248 e. The highest BCUT2D eigenvalue weighted by molar-refractivity contribution is 7.89. The first-order valence-electron chi connectivity index (χ1n) is 8.80. The Morgan fingerprint density at radius 2 is 1.59 bits per heavy atom. The van der Waals surface area contributed by atoms with Crippen LogP contribution in [0.4, 0.5) is 0 Å². The van der Waals surface area contributed by atoms with E-state index in [0.29, 0.717) is 18.7 Å². The average Bonchev–Trinajstić information content (AvgIpc) is 2.96. The Kier molecular flexibility index (Phi) is 7.54. The zero-order chi connectivity index (χ0) is 19.7. The second-order valence-electron chi connectivity index (χ2n) is 6.23. The quantitative estimate of drug-likeness (QED) is 0.550. The average molecular weight is 386 g/mol. The van der Waals surface area contributed by atoms with Crippen molar-refractivity contribution in [3.05, 3.63) is 35.9 Å². The molecule has 1 aliphatic rings. The van der Waals surface area contributed by atoms with Gasteiger partial charge < -0.3 is 4.90 Å². The molecule has 7 nitrogen and oxygen atoms in total. The highest BCUT2D eigenvalue weighted by Crippen LogP contribution is 2.21. The highest BCUT2D eigenvalue weighted by Gasteiger charge is 2.24. The molecule has 8 heteroatoms. The molecule has 1 aromatic rings. The van der Waals surface area contributed by atoms with E-state index in [1.165, 1.54) is 28.6 Å². The molecule has 0 radical (unpaired) electrons. The maximum atomic E-state index is 12.7. The third kappa shape index (κ3) is 5.65. The van der Waals surface area contributed by atoms with Crippen molar-refractivity contribution >= 4 is 22.0 Å². The standard InChI is InChI=1S/C19H22N4O3S/c20-11-15-22(16-12-21)19(24)10-7-17-5-8-18(9-6-17)27(25,26)23-13-3-1-2-4-14-23/h5-10H,1-4,13-16H2. The van der Waals surface area contributed by atoms with Gasteiger partial charge >= 0.3 is 0 Å². The number of hydrogen-bond acceptors (Lipinski definition) is 5. The van der Waals surface area contributed by atoms with Crippen molar-refractivity contribution in [2.45, 2.75) is 30.6 Å². The van der Waals surface area contributed by atoms with Crippen LogP contribution in [0, 0.1) is 22.7 Å². The van der Waals surface area contributed by atoms with Crippen LogP contribution < -0.4 is 0 Å². The number of sulfonamides is 1. The Morgan fingerprint density at radius 3 is 2.11 bits per heavy atom. The smallest absolute Gasteiger partial charge is 0.248 e. The van der Waals surface area contributed by atoms with Crippen LogP contribution >= 0.6 is 0 Å². The minimum absolute atomic E-state index is 0.163. The largest absolute Gasteiger partial charge is 0.313 e. The lowest BCUT2D eigenvalue weighted by Gasteiger charge is -2.19. The van der Waals surface area contributed by atoms with Crippen molar-refractivity contribution in [2.75, 3.05) is 26.2 Å². The minimum Gasteiger partial charge on any atom is -0.313 e. The monoisotopic (exact) mass is 386 g/mol. The van der Waals surface area contributed by atoms with E-state index < -0.39 is 15.9 Å². The normalized spacial score (nSPS) is 15.6. The van der Waals surface area contributed by atoms with E-state index in [1.807, 2.05) is 12.1 Å². The summed E-state index contributed by atoms with van der Waals surface area (Å²) in [5, 5.41) is 17.4. The molecule has 0 bridgehead atoms. The van der Waals surface area contributed by atoms with E-state index in [-0.39, 0.29) is 18.0 Å². The first-order valence-corrected chi connectivity index (χ1v) is 10.2. The van der Waals surface area contributed by atoms with Crippen LogP contribution in [-0.4, -0.2) is 49.7 Å². The Balaban J connectivity index is 2.09. The fraction of sp³-hybridized carbons (Fsp3) is 0.421. The summed E-state index contributed by atoms with van der Waals surface area (Å²) < 4.78 is 27.0. The lowest BCUT2D eigenvalue weighted by Crippen LogP contribution is -2.31. The van der Waals surface area contributed by atoms with Gasteiger partial charge in [-0.15, -0.1) is 0 Å². The first kappa shape index (κ1) is 20.6. The second kappa shape index (κ2) is 9.86. The molecule has 1 saturated heterocycles. The van der Waals surface area contributed by atoms with Crippen molar-refractivity contribution in [1.82, 2.24) is 9.21 Å². The van der Waals surface area contributed by atoms with E-state index >= 15 is 0 Å². The van der Waals surface area contributed by atoms with Gasteiger partial charge in [0.2, 0.25) is 15.9 Å². The Labute approximate surface area is 160 Å². The maximum absolute atomic E-state index is 12.7. The third-order valence-corrected chi connectivity index (χ3v) is 6.25. The van der Waals surface area contributed by atoms with Gasteiger partial charge in [-0.2, -0.15) is 14.8 Å². The summed E-state index contributed by atoms with van der Waals surface area (Å²) in [6.45, 7) is 0.770. The van der Waals surface area contributed by atoms with Gasteiger partial charge in [-0.1, -0.05) is 25.0 Å². The van der Waals surface area contributed by atoms with Gasteiger partial charge in [-0.25, -0.2) is 8.42 Å². The summed E-state index contributed by atoms with van der Waals surface area (Å²) in [5.74, 6) is -0.445. The Bertz CT molecular complexity index is 840. The second-order valence-corrected chi connectivity index (χ2v) is 8.17. The molecule has 27 heavy (non-hydrogen) atoms. The molecule has 0 aliphatic carbocycles. The molecule has 0 atom stereocenters. The van der Waals surface area contributed by atoms with Crippen molar-refractivity contribution in [3.8, 4) is 12.1 Å². The molecular weight excluding hydrogens is 364 g/mol. The molecule has 0 saturated carbocycles. The summed E-state index contributed by atoms with van der Waals surface area (Å²) in [4.78, 5) is 13.4. The molecule has 0 spiro atoms. The number of carbonyl (C=O) groups is 1. The zero-order valence-electron chi connectivity index (χ0n) is 15.0. The van der Waals surface area contributed by atoms with E-state index in [2.05, 4.69) is 0 Å². The fourth-order valence-electron chi connectivity index (χ4n) is 2.84. The summed E-state index contributed by atoms with van der Waals surface area (Å²) in [6, 6.07) is 10.0. The van der Waals surface area contributed by atoms with Gasteiger partial charge in [-0.3, -0.25) is 4.79 Å². The number of nitriles is 2. The van der Waals surface area contributed by atoms with Crippen molar-refractivity contribution in [2.24, 2.45) is 0 Å². The van der Waals surface area contributed by atoms with E-state index in [1.54, 1.807) is 12.1 Å². The molecule has 1 heterocycles. The van der Waals surface area contributed by atoms with Gasteiger partial charge in [0.25, 0.3) is 0 Å². The zero-order valence-corrected chi connectivity index (χ0v) is 15.9. The van der Waals surface area contributed by atoms with Crippen LogP contribution in [0.3, 0.4) is 0 Å². The van der Waals surface area contributed by atoms with Crippen molar-refractivity contribution in [3.63, 3.8) is 0 Å². The van der Waals surface area contributed by atoms with Crippen LogP contribution in [0.1, 0.15) is 31.2 Å². The Hall–Kier alpha value is -2.68. The van der Waals surface area contributed by atoms with Crippen molar-refractivity contribution < 1.29 is 13.2 Å². The minimum atomic E-state index is -3.50. The number of benzene rings is 1. The summed E-state index contributed by atoms with van der Waals surface area (Å²) in [7, 11) is -3.50. The van der Waals surface area contributed by atoms with Crippen LogP contribution in [0.2, 0.25) is 0 Å². The van der Waals surface area contributed by atoms with E-state index in [9.17, 15) is 13.2 Å². The van der Waals surface area contributed by atoms with Crippen LogP contribution in [0.15, 0.2) is 35.2 Å². The molecule has 142 valence electrons. The van der Waals surface area contributed by atoms with E-state index in [0.717, 1.165) is 30.6 Å². The number of carbonyl (C=O) groups excluding carboxylic acids is 1. The predicted octanol–water partition coefficient (Wildman–Crippen LogP) is 2.14. The van der Waals surface area contributed by atoms with Gasteiger partial charge in [0.05, 0.1) is 17.0 Å². The Morgan fingerprint density at radius 1 is 1.04 bits per heavy atom. The molecule has 0 N–H and O–H groups in total. The third-order valence-electron chi connectivity index (χ3n) is 4.34. The van der Waals surface area contributed by atoms with Crippen LogP contribution in [0.5, 0.6) is 0 Å². The lowest BCUT2D eigenvalue weighted by atomic mass is 10.2. The molecular formula is C19H22N4O3S. The van der Waals surface area contributed by atoms with Gasteiger partial charge in [-0.05, 0) is 36.6 Å². The molecule has 1 aliphatic heterocycles. The predicted molar refractivity (Wildman–Crippen MR) is 101 cm³/mol. The molecule has 0 aromatic heterocycles. The summed E-state index contributed by atoms with van der Waals surface area (Å²) >= 11 is 0. The van der Waals surface area contributed by atoms with Crippen LogP contribution in [-0.2, 0) is 14.8 Å².